The first-order valence-corrected chi connectivity index (χ1v) is 9.53. The predicted octanol–water partition coefficient (Wildman–Crippen LogP) is 2.60. The number of carbonyl (C=O) groups is 1. The van der Waals surface area contributed by atoms with Crippen LogP contribution >= 0.6 is 0 Å². The number of rotatable bonds is 5. The minimum Gasteiger partial charge on any atom is -0.408 e. The van der Waals surface area contributed by atoms with E-state index < -0.39 is 5.76 Å². The summed E-state index contributed by atoms with van der Waals surface area (Å²) in [5.74, 6) is -0.532. The molecule has 7 heteroatoms. The van der Waals surface area contributed by atoms with Gasteiger partial charge in [-0.2, -0.15) is 5.10 Å². The number of aryl methyl sites for hydroxylation is 3. The van der Waals surface area contributed by atoms with Crippen molar-refractivity contribution in [2.24, 2.45) is 0 Å². The molecule has 0 unspecified atom stereocenters. The van der Waals surface area contributed by atoms with E-state index in [0.717, 1.165) is 29.6 Å². The number of amides is 1. The summed E-state index contributed by atoms with van der Waals surface area (Å²) in [4.78, 5) is 24.3. The van der Waals surface area contributed by atoms with Crippen LogP contribution in [-0.4, -0.2) is 20.7 Å². The van der Waals surface area contributed by atoms with E-state index >= 15 is 0 Å². The normalized spacial score (nSPS) is 14.1. The van der Waals surface area contributed by atoms with Crippen LogP contribution < -0.4 is 11.1 Å². The van der Waals surface area contributed by atoms with Crippen LogP contribution in [0.2, 0.25) is 0 Å². The van der Waals surface area contributed by atoms with Crippen molar-refractivity contribution < 1.29 is 9.21 Å². The van der Waals surface area contributed by atoms with Gasteiger partial charge in [0.1, 0.15) is 0 Å². The quantitative estimate of drug-likeness (QED) is 0.677. The second-order valence-electron chi connectivity index (χ2n) is 7.21. The van der Waals surface area contributed by atoms with Crippen molar-refractivity contribution in [3.05, 3.63) is 51.3 Å². The second-order valence-corrected chi connectivity index (χ2v) is 7.21. The van der Waals surface area contributed by atoms with Crippen molar-refractivity contribution in [2.45, 2.75) is 58.5 Å². The molecule has 3 aromatic rings. The van der Waals surface area contributed by atoms with Gasteiger partial charge >= 0.3 is 5.76 Å². The average molecular weight is 368 g/mol. The van der Waals surface area contributed by atoms with E-state index in [1.807, 2.05) is 19.1 Å². The Morgan fingerprint density at radius 3 is 3.04 bits per heavy atom. The highest BCUT2D eigenvalue weighted by molar-refractivity contribution is 5.77. The van der Waals surface area contributed by atoms with Crippen LogP contribution in [0.25, 0.3) is 11.1 Å². The van der Waals surface area contributed by atoms with E-state index in [1.54, 1.807) is 6.07 Å². The zero-order valence-electron chi connectivity index (χ0n) is 15.5. The predicted molar refractivity (Wildman–Crippen MR) is 102 cm³/mol. The van der Waals surface area contributed by atoms with Crippen LogP contribution in [0.3, 0.4) is 0 Å². The topological polar surface area (TPSA) is 92.9 Å². The molecule has 1 amide bonds. The molecular weight excluding hydrogens is 344 g/mol. The highest BCUT2D eigenvalue weighted by Crippen LogP contribution is 2.21. The third kappa shape index (κ3) is 3.67. The molecule has 0 spiro atoms. The minimum atomic E-state index is -0.430. The maximum absolute atomic E-state index is 12.3. The number of fused-ring (bicyclic) bond motifs is 2. The molecule has 0 radical (unpaired) electrons. The summed E-state index contributed by atoms with van der Waals surface area (Å²) in [5.41, 5.74) is 5.72. The van der Waals surface area contributed by atoms with Crippen LogP contribution in [0.1, 0.15) is 48.2 Å². The molecule has 2 aromatic heterocycles. The van der Waals surface area contributed by atoms with Gasteiger partial charge in [0.15, 0.2) is 5.58 Å². The van der Waals surface area contributed by atoms with Crippen molar-refractivity contribution in [1.82, 2.24) is 20.1 Å². The maximum atomic E-state index is 12.3. The average Bonchev–Trinajstić information content (AvgIpc) is 3.08. The van der Waals surface area contributed by atoms with Crippen molar-refractivity contribution in [2.75, 3.05) is 0 Å². The fourth-order valence-electron chi connectivity index (χ4n) is 3.74. The summed E-state index contributed by atoms with van der Waals surface area (Å²) in [6, 6.07) is 5.58. The number of H-pyrrole nitrogens is 1. The van der Waals surface area contributed by atoms with Crippen LogP contribution in [0.4, 0.5) is 0 Å². The van der Waals surface area contributed by atoms with Gasteiger partial charge in [-0.1, -0.05) is 12.5 Å². The summed E-state index contributed by atoms with van der Waals surface area (Å²) < 4.78 is 6.76. The largest absolute Gasteiger partial charge is 0.419 e. The number of nitrogens with zero attached hydrogens (tertiary/aromatic N) is 2. The monoisotopic (exact) mass is 368 g/mol. The molecule has 7 nitrogen and oxygen atoms in total. The molecule has 1 aliphatic rings. The van der Waals surface area contributed by atoms with Gasteiger partial charge in [-0.05, 0) is 55.9 Å². The number of oxazole rings is 1. The van der Waals surface area contributed by atoms with E-state index in [1.165, 1.54) is 35.1 Å². The van der Waals surface area contributed by atoms with E-state index in [4.69, 9.17) is 4.42 Å². The molecule has 4 rings (SSSR count). The highest BCUT2D eigenvalue weighted by Gasteiger charge is 2.16. The van der Waals surface area contributed by atoms with Gasteiger partial charge in [0.25, 0.3) is 0 Å². The number of aromatic amines is 1. The third-order valence-corrected chi connectivity index (χ3v) is 5.23. The molecule has 0 bridgehead atoms. The molecule has 2 N–H and O–H groups in total. The van der Waals surface area contributed by atoms with Gasteiger partial charge in [0.05, 0.1) is 17.8 Å². The third-order valence-electron chi connectivity index (χ3n) is 5.23. The van der Waals surface area contributed by atoms with Gasteiger partial charge in [-0.15, -0.1) is 0 Å². The summed E-state index contributed by atoms with van der Waals surface area (Å²) in [6.07, 6.45) is 5.87. The molecular formula is C20H24N4O3. The maximum Gasteiger partial charge on any atom is 0.419 e. The number of nitrogens with one attached hydrogen (secondary N) is 2. The van der Waals surface area contributed by atoms with E-state index in [9.17, 15) is 9.59 Å². The lowest BCUT2D eigenvalue weighted by Gasteiger charge is -2.06. The smallest absolute Gasteiger partial charge is 0.408 e. The van der Waals surface area contributed by atoms with E-state index in [0.29, 0.717) is 18.7 Å². The van der Waals surface area contributed by atoms with Crippen LogP contribution in [0.5, 0.6) is 0 Å². The fourth-order valence-corrected chi connectivity index (χ4v) is 3.74. The molecule has 0 saturated heterocycles. The first kappa shape index (κ1) is 17.6. The number of hydrogen-bond acceptors (Lipinski definition) is 4. The molecule has 2 heterocycles. The Labute approximate surface area is 156 Å². The number of benzene rings is 1. The Kier molecular flexibility index (Phi) is 4.83. The molecule has 0 saturated carbocycles. The lowest BCUT2D eigenvalue weighted by molar-refractivity contribution is -0.121. The summed E-state index contributed by atoms with van der Waals surface area (Å²) in [7, 11) is 0. The highest BCUT2D eigenvalue weighted by atomic mass is 16.4. The summed E-state index contributed by atoms with van der Waals surface area (Å²) in [6.45, 7) is 2.67. The van der Waals surface area contributed by atoms with Crippen LogP contribution in [0, 0.1) is 6.92 Å². The van der Waals surface area contributed by atoms with Gasteiger partial charge in [0.2, 0.25) is 5.91 Å². The Bertz CT molecular complexity index is 1030. The summed E-state index contributed by atoms with van der Waals surface area (Å²) >= 11 is 0. The first-order valence-electron chi connectivity index (χ1n) is 9.53. The second kappa shape index (κ2) is 7.42. The Morgan fingerprint density at radius 1 is 1.30 bits per heavy atom. The lowest BCUT2D eigenvalue weighted by Crippen LogP contribution is -2.26. The van der Waals surface area contributed by atoms with Crippen molar-refractivity contribution >= 4 is 17.0 Å². The van der Waals surface area contributed by atoms with Gasteiger partial charge in [-0.25, -0.2) is 4.79 Å². The SMILES string of the molecule is Cc1ccc2oc(=O)n(CCC(=O)NCc3n[nH]c4c3CCCCC4)c2c1. The van der Waals surface area contributed by atoms with Gasteiger partial charge in [0, 0.05) is 18.7 Å². The molecule has 27 heavy (non-hydrogen) atoms. The standard InChI is InChI=1S/C20H24N4O3/c1-13-7-8-18-17(11-13)24(20(26)27-18)10-9-19(25)21-12-16-14-5-3-2-4-6-15(14)22-23-16/h7-8,11H,2-6,9-10,12H2,1H3,(H,21,25)(H,22,23). The lowest BCUT2D eigenvalue weighted by atomic mass is 10.1. The molecule has 0 aliphatic heterocycles. The number of carbonyl (C=O) groups excluding carboxylic acids is 1. The van der Waals surface area contributed by atoms with Crippen LogP contribution in [0.15, 0.2) is 27.4 Å². The van der Waals surface area contributed by atoms with Crippen molar-refractivity contribution in [3.8, 4) is 0 Å². The Balaban J connectivity index is 1.38. The van der Waals surface area contributed by atoms with Gasteiger partial charge < -0.3 is 9.73 Å². The number of hydrogen-bond donors (Lipinski definition) is 2. The molecule has 0 fully saturated rings. The summed E-state index contributed by atoms with van der Waals surface area (Å²) in [5, 5.41) is 10.4. The Morgan fingerprint density at radius 2 is 2.15 bits per heavy atom. The zero-order valence-corrected chi connectivity index (χ0v) is 15.5. The van der Waals surface area contributed by atoms with Crippen molar-refractivity contribution in [3.63, 3.8) is 0 Å². The van der Waals surface area contributed by atoms with Crippen molar-refractivity contribution in [1.29, 1.82) is 0 Å². The molecule has 0 atom stereocenters. The molecule has 1 aliphatic carbocycles. The molecule has 1 aromatic carbocycles. The number of aromatic nitrogens is 3. The zero-order chi connectivity index (χ0) is 18.8. The van der Waals surface area contributed by atoms with Crippen LogP contribution in [-0.2, 0) is 30.7 Å². The van der Waals surface area contributed by atoms with E-state index in [2.05, 4.69) is 15.5 Å². The Hall–Kier alpha value is -2.83. The fraction of sp³-hybridized carbons (Fsp3) is 0.450. The van der Waals surface area contributed by atoms with Gasteiger partial charge in [-0.3, -0.25) is 14.5 Å². The minimum absolute atomic E-state index is 0.103. The molecule has 142 valence electrons. The first-order chi connectivity index (χ1) is 13.1. The van der Waals surface area contributed by atoms with E-state index in [-0.39, 0.29) is 12.3 Å².